The van der Waals surface area contributed by atoms with Gasteiger partial charge in [-0.05, 0) is 61.8 Å². The predicted molar refractivity (Wildman–Crippen MR) is 109 cm³/mol. The average molecular weight is 429 g/mol. The van der Waals surface area contributed by atoms with Crippen LogP contribution < -0.4 is 9.47 Å². The van der Waals surface area contributed by atoms with Crippen molar-refractivity contribution in [1.82, 2.24) is 0 Å². The molecule has 1 aromatic carbocycles. The van der Waals surface area contributed by atoms with Gasteiger partial charge in [0.2, 0.25) is 0 Å². The number of alkyl halides is 3. The fourth-order valence-corrected chi connectivity index (χ4v) is 8.57. The molecule has 0 N–H and O–H groups in total. The number of rotatable bonds is 6. The van der Waals surface area contributed by atoms with Gasteiger partial charge in [-0.3, -0.25) is 4.79 Å². The molecule has 1 saturated heterocycles. The molecule has 1 aromatic rings. The van der Waals surface area contributed by atoms with E-state index in [0.29, 0.717) is 0 Å². The van der Waals surface area contributed by atoms with Gasteiger partial charge in [-0.25, -0.2) is 0 Å². The maximum atomic E-state index is 12.5. The highest BCUT2D eigenvalue weighted by molar-refractivity contribution is 6.58. The largest absolute Gasteiger partial charge is 0.573 e. The minimum Gasteiger partial charge on any atom is -0.426 e. The summed E-state index contributed by atoms with van der Waals surface area (Å²) in [5.41, 5.74) is 0. The van der Waals surface area contributed by atoms with Gasteiger partial charge in [0.15, 0.2) is 0 Å². The van der Waals surface area contributed by atoms with Crippen LogP contribution in [0.5, 0.6) is 11.5 Å². The highest BCUT2D eigenvalue weighted by Gasteiger charge is 2.34. The van der Waals surface area contributed by atoms with E-state index in [1.54, 1.807) is 0 Å². The van der Waals surface area contributed by atoms with E-state index in [2.05, 4.69) is 11.7 Å². The minimum absolute atomic E-state index is 0.108. The van der Waals surface area contributed by atoms with Crippen LogP contribution in [0.15, 0.2) is 24.3 Å². The Morgan fingerprint density at radius 3 is 2.07 bits per heavy atom. The van der Waals surface area contributed by atoms with Crippen molar-refractivity contribution in [2.45, 2.75) is 76.4 Å². The lowest BCUT2D eigenvalue weighted by atomic mass is 9.74. The lowest BCUT2D eigenvalue weighted by molar-refractivity contribution is -0.274. The molecule has 0 bridgehead atoms. The molecule has 3 rings (SSSR count). The van der Waals surface area contributed by atoms with Gasteiger partial charge in [-0.2, -0.15) is 0 Å². The fourth-order valence-electron chi connectivity index (χ4n) is 5.09. The third-order valence-electron chi connectivity index (χ3n) is 6.64. The molecule has 0 amide bonds. The molecule has 0 radical (unpaired) electrons. The topological polar surface area (TPSA) is 35.5 Å². The summed E-state index contributed by atoms with van der Waals surface area (Å²) in [7, 11) is -0.449. The molecule has 29 heavy (non-hydrogen) atoms. The van der Waals surface area contributed by atoms with Crippen LogP contribution in [-0.4, -0.2) is 21.1 Å². The zero-order valence-electron chi connectivity index (χ0n) is 17.0. The Morgan fingerprint density at radius 1 is 0.966 bits per heavy atom. The molecule has 1 heterocycles. The maximum Gasteiger partial charge on any atom is 0.573 e. The number of carbonyl (C=O) groups is 1. The Bertz CT molecular complexity index is 646. The van der Waals surface area contributed by atoms with Gasteiger partial charge in [-0.15, -0.1) is 13.2 Å². The zero-order chi connectivity index (χ0) is 20.9. The summed E-state index contributed by atoms with van der Waals surface area (Å²) in [4.78, 5) is 12.5. The van der Waals surface area contributed by atoms with Crippen LogP contribution >= 0.6 is 0 Å². The van der Waals surface area contributed by atoms with E-state index >= 15 is 0 Å². The van der Waals surface area contributed by atoms with Gasteiger partial charge in [0.05, 0.1) is 5.92 Å². The molecule has 162 valence electrons. The van der Waals surface area contributed by atoms with E-state index in [0.717, 1.165) is 49.7 Å². The van der Waals surface area contributed by atoms with Crippen molar-refractivity contribution in [1.29, 1.82) is 0 Å². The lowest BCUT2D eigenvalue weighted by Crippen LogP contribution is -2.31. The van der Waals surface area contributed by atoms with Crippen LogP contribution in [0.1, 0.15) is 51.9 Å². The molecule has 1 aliphatic carbocycles. The molecule has 2 aliphatic rings. The van der Waals surface area contributed by atoms with E-state index < -0.39 is 15.2 Å². The summed E-state index contributed by atoms with van der Waals surface area (Å²) in [5.74, 6) is 1.14. The van der Waals surface area contributed by atoms with E-state index in [4.69, 9.17) is 4.74 Å². The van der Waals surface area contributed by atoms with Gasteiger partial charge in [0.1, 0.15) is 11.5 Å². The van der Waals surface area contributed by atoms with Crippen molar-refractivity contribution in [3.63, 3.8) is 0 Å². The van der Waals surface area contributed by atoms with Crippen LogP contribution in [-0.2, 0) is 4.79 Å². The SMILES string of the molecule is CCC[SiH]1CCC(C2CCC(C(=O)Oc3ccc(OC(F)(F)F)cc3)CC2)CC1. The molecule has 2 fully saturated rings. The van der Waals surface area contributed by atoms with Gasteiger partial charge in [0, 0.05) is 8.80 Å². The summed E-state index contributed by atoms with van der Waals surface area (Å²) in [6.45, 7) is 2.30. The Kier molecular flexibility index (Phi) is 7.65. The highest BCUT2D eigenvalue weighted by Crippen LogP contribution is 2.41. The average Bonchev–Trinajstić information content (AvgIpc) is 2.69. The van der Waals surface area contributed by atoms with Crippen molar-refractivity contribution < 1.29 is 27.4 Å². The molecule has 0 aromatic heterocycles. The van der Waals surface area contributed by atoms with Crippen molar-refractivity contribution in [3.05, 3.63) is 24.3 Å². The number of esters is 1. The molecule has 7 heteroatoms. The quantitative estimate of drug-likeness (QED) is 0.301. The van der Waals surface area contributed by atoms with Crippen LogP contribution in [0.4, 0.5) is 13.2 Å². The molecule has 1 aliphatic heterocycles. The summed E-state index contributed by atoms with van der Waals surface area (Å²) in [6.07, 6.45) is 3.27. The number of hydrogen-bond donors (Lipinski definition) is 0. The number of ether oxygens (including phenoxy) is 2. The Hall–Kier alpha value is -1.50. The molecule has 0 atom stereocenters. The predicted octanol–water partition coefficient (Wildman–Crippen LogP) is 6.34. The van der Waals surface area contributed by atoms with E-state index in [9.17, 15) is 18.0 Å². The minimum atomic E-state index is -4.73. The third kappa shape index (κ3) is 6.76. The van der Waals surface area contributed by atoms with E-state index in [-0.39, 0.29) is 23.4 Å². The third-order valence-corrected chi connectivity index (χ3v) is 10.3. The summed E-state index contributed by atoms with van der Waals surface area (Å²) in [6, 6.07) is 9.47. The molecule has 3 nitrogen and oxygen atoms in total. The fraction of sp³-hybridized carbons (Fsp3) is 0.682. The zero-order valence-corrected chi connectivity index (χ0v) is 18.2. The smallest absolute Gasteiger partial charge is 0.426 e. The second-order valence-electron chi connectivity index (χ2n) is 8.62. The number of halogens is 3. The van der Waals surface area contributed by atoms with E-state index in [1.807, 2.05) is 0 Å². The van der Waals surface area contributed by atoms with Crippen LogP contribution in [0.25, 0.3) is 0 Å². The number of carbonyl (C=O) groups excluding carboxylic acids is 1. The molecular weight excluding hydrogens is 397 g/mol. The molecule has 1 saturated carbocycles. The van der Waals surface area contributed by atoms with Crippen molar-refractivity contribution >= 4 is 14.8 Å². The Balaban J connectivity index is 1.42. The van der Waals surface area contributed by atoms with Crippen LogP contribution in [0.2, 0.25) is 18.1 Å². The van der Waals surface area contributed by atoms with Gasteiger partial charge in [0.25, 0.3) is 0 Å². The van der Waals surface area contributed by atoms with Crippen molar-refractivity contribution in [2.24, 2.45) is 17.8 Å². The summed E-state index contributed by atoms with van der Waals surface area (Å²) >= 11 is 0. The normalized spacial score (nSPS) is 28.0. The first-order chi connectivity index (χ1) is 13.8. The highest BCUT2D eigenvalue weighted by atomic mass is 28.3. The first-order valence-electron chi connectivity index (χ1n) is 10.9. The maximum absolute atomic E-state index is 12.5. The van der Waals surface area contributed by atoms with Crippen LogP contribution in [0.3, 0.4) is 0 Å². The molecule has 0 unspecified atom stereocenters. The second-order valence-corrected chi connectivity index (χ2v) is 12.1. The monoisotopic (exact) mass is 428 g/mol. The standard InChI is InChI=1S/C22H31F3O3Si/c1-2-13-29-14-11-17(12-15-29)16-3-5-18(6-4-16)21(26)27-19-7-9-20(10-8-19)28-22(23,24)25/h7-10,16-18,29H,2-6,11-15H2,1H3. The molecular formula is C22H31F3O3Si. The first-order valence-corrected chi connectivity index (χ1v) is 13.4. The van der Waals surface area contributed by atoms with Crippen molar-refractivity contribution in [3.8, 4) is 11.5 Å². The lowest BCUT2D eigenvalue weighted by Gasteiger charge is -2.37. The van der Waals surface area contributed by atoms with Gasteiger partial charge in [-0.1, -0.05) is 44.3 Å². The number of benzene rings is 1. The Morgan fingerprint density at radius 2 is 1.52 bits per heavy atom. The Labute approximate surface area is 172 Å². The summed E-state index contributed by atoms with van der Waals surface area (Å²) < 4.78 is 45.8. The number of hydrogen-bond acceptors (Lipinski definition) is 3. The first kappa shape index (κ1) is 22.2. The molecule has 0 spiro atoms. The van der Waals surface area contributed by atoms with Crippen molar-refractivity contribution in [2.75, 3.05) is 0 Å². The van der Waals surface area contributed by atoms with E-state index in [1.165, 1.54) is 49.5 Å². The van der Waals surface area contributed by atoms with Crippen LogP contribution in [0, 0.1) is 17.8 Å². The second kappa shape index (κ2) is 10.0. The summed E-state index contributed by atoms with van der Waals surface area (Å²) in [5, 5.41) is 0. The van der Waals surface area contributed by atoms with Gasteiger partial charge >= 0.3 is 12.3 Å². The van der Waals surface area contributed by atoms with Gasteiger partial charge < -0.3 is 9.47 Å².